The molecule has 1 unspecified atom stereocenters. The van der Waals surface area contributed by atoms with Gasteiger partial charge in [-0.3, -0.25) is 9.69 Å². The summed E-state index contributed by atoms with van der Waals surface area (Å²) in [5, 5.41) is 8.74. The van der Waals surface area contributed by atoms with Crippen LogP contribution in [0.15, 0.2) is 24.3 Å². The molecule has 0 saturated heterocycles. The predicted octanol–water partition coefficient (Wildman–Crippen LogP) is 1.43. The zero-order chi connectivity index (χ0) is 14.4. The van der Waals surface area contributed by atoms with Crippen LogP contribution in [0.3, 0.4) is 0 Å². The highest BCUT2D eigenvalue weighted by molar-refractivity contribution is 7.80. The van der Waals surface area contributed by atoms with Crippen molar-refractivity contribution < 1.29 is 14.6 Å². The number of nitrogens with two attached hydrogens (primary N) is 1. The van der Waals surface area contributed by atoms with E-state index in [0.29, 0.717) is 12.3 Å². The maximum atomic E-state index is 10.6. The largest absolute Gasteiger partial charge is 0.496 e. The molecule has 0 heterocycles. The number of carbonyl (C=O) groups is 1. The van der Waals surface area contributed by atoms with Crippen molar-refractivity contribution in [2.24, 2.45) is 5.73 Å². The highest BCUT2D eigenvalue weighted by atomic mass is 32.1. The fourth-order valence-electron chi connectivity index (χ4n) is 1.90. The Labute approximate surface area is 118 Å². The first-order valence-electron chi connectivity index (χ1n) is 5.81. The molecule has 3 N–H and O–H groups in total. The van der Waals surface area contributed by atoms with Crippen LogP contribution in [-0.4, -0.2) is 41.7 Å². The summed E-state index contributed by atoms with van der Waals surface area (Å²) in [6.45, 7) is 0.357. The number of aliphatic carboxylic acids is 1. The van der Waals surface area contributed by atoms with E-state index in [1.165, 1.54) is 0 Å². The number of hydrogen-bond acceptors (Lipinski definition) is 4. The van der Waals surface area contributed by atoms with Crippen molar-refractivity contribution in [2.75, 3.05) is 20.7 Å². The molecular formula is C13H18N2O3S. The van der Waals surface area contributed by atoms with E-state index in [1.807, 2.05) is 29.2 Å². The molecule has 0 amide bonds. The van der Waals surface area contributed by atoms with Gasteiger partial charge in [0, 0.05) is 12.1 Å². The molecule has 5 nitrogen and oxygen atoms in total. The summed E-state index contributed by atoms with van der Waals surface area (Å²) in [6.07, 6.45) is 0.0325. The molecular weight excluding hydrogens is 264 g/mol. The summed E-state index contributed by atoms with van der Waals surface area (Å²) >= 11 is 5.10. The van der Waals surface area contributed by atoms with Crippen LogP contribution in [-0.2, 0) is 4.79 Å². The van der Waals surface area contributed by atoms with Gasteiger partial charge in [0.05, 0.1) is 24.6 Å². The van der Waals surface area contributed by atoms with Gasteiger partial charge in [-0.25, -0.2) is 0 Å². The van der Waals surface area contributed by atoms with Gasteiger partial charge in [0.2, 0.25) is 0 Å². The van der Waals surface area contributed by atoms with Gasteiger partial charge >= 0.3 is 5.97 Å². The summed E-state index contributed by atoms with van der Waals surface area (Å²) in [7, 11) is 3.37. The number of thiocarbonyl (C=S) groups is 1. The normalized spacial score (nSPS) is 12.2. The van der Waals surface area contributed by atoms with Crippen molar-refractivity contribution in [2.45, 2.75) is 12.5 Å². The third-order valence-electron chi connectivity index (χ3n) is 2.82. The van der Waals surface area contributed by atoms with Gasteiger partial charge in [-0.1, -0.05) is 30.4 Å². The molecule has 19 heavy (non-hydrogen) atoms. The molecule has 0 aromatic heterocycles. The average Bonchev–Trinajstić information content (AvgIpc) is 2.36. The minimum atomic E-state index is -0.853. The average molecular weight is 282 g/mol. The van der Waals surface area contributed by atoms with Crippen LogP contribution in [0.25, 0.3) is 0 Å². The van der Waals surface area contributed by atoms with Crippen LogP contribution in [0.1, 0.15) is 18.0 Å². The van der Waals surface area contributed by atoms with Gasteiger partial charge in [-0.15, -0.1) is 0 Å². The van der Waals surface area contributed by atoms with E-state index in [0.717, 1.165) is 5.56 Å². The molecule has 0 radical (unpaired) electrons. The van der Waals surface area contributed by atoms with Crippen molar-refractivity contribution in [3.8, 4) is 5.75 Å². The van der Waals surface area contributed by atoms with E-state index in [4.69, 9.17) is 27.8 Å². The number of rotatable bonds is 7. The molecule has 104 valence electrons. The fourth-order valence-corrected chi connectivity index (χ4v) is 2.21. The maximum Gasteiger partial charge on any atom is 0.304 e. The molecule has 0 aliphatic carbocycles. The lowest BCUT2D eigenvalue weighted by Gasteiger charge is -2.28. The Hall–Kier alpha value is -1.66. The van der Waals surface area contributed by atoms with Gasteiger partial charge in [-0.2, -0.15) is 0 Å². The minimum absolute atomic E-state index is 0.0325. The Kier molecular flexibility index (Phi) is 5.72. The molecule has 0 bridgehead atoms. The topological polar surface area (TPSA) is 75.8 Å². The predicted molar refractivity (Wildman–Crippen MR) is 77.4 cm³/mol. The second-order valence-electron chi connectivity index (χ2n) is 4.17. The Balaban J connectivity index is 2.99. The summed E-state index contributed by atoms with van der Waals surface area (Å²) < 4.78 is 5.29. The monoisotopic (exact) mass is 282 g/mol. The van der Waals surface area contributed by atoms with Crippen LogP contribution in [0.5, 0.6) is 5.75 Å². The first kappa shape index (κ1) is 15.4. The fraction of sp³-hybridized carbons (Fsp3) is 0.385. The van der Waals surface area contributed by atoms with Crippen molar-refractivity contribution in [3.63, 3.8) is 0 Å². The highest BCUT2D eigenvalue weighted by Crippen LogP contribution is 2.28. The van der Waals surface area contributed by atoms with Crippen LogP contribution in [0.4, 0.5) is 0 Å². The number of ether oxygens (including phenoxy) is 1. The Morgan fingerprint density at radius 3 is 2.68 bits per heavy atom. The Morgan fingerprint density at radius 2 is 2.16 bits per heavy atom. The van der Waals surface area contributed by atoms with Crippen molar-refractivity contribution in [3.05, 3.63) is 29.8 Å². The molecule has 6 heteroatoms. The van der Waals surface area contributed by atoms with Crippen LogP contribution in [0.2, 0.25) is 0 Å². The molecule has 0 saturated carbocycles. The van der Waals surface area contributed by atoms with Crippen molar-refractivity contribution >= 4 is 23.2 Å². The molecule has 1 aromatic rings. The minimum Gasteiger partial charge on any atom is -0.496 e. The summed E-state index contributed by atoms with van der Waals surface area (Å²) in [6, 6.07) is 7.08. The number of methoxy groups -OCH3 is 1. The molecule has 1 aromatic carbocycles. The second-order valence-corrected chi connectivity index (χ2v) is 4.64. The first-order valence-corrected chi connectivity index (χ1v) is 6.22. The van der Waals surface area contributed by atoms with Gasteiger partial charge < -0.3 is 15.6 Å². The first-order chi connectivity index (χ1) is 8.97. The number of likely N-dealkylation sites (N-methyl/N-ethyl adjacent to an activating group) is 1. The van der Waals surface area contributed by atoms with E-state index in [-0.39, 0.29) is 17.5 Å². The van der Waals surface area contributed by atoms with Crippen LogP contribution >= 0.6 is 12.2 Å². The SMILES string of the molecule is COc1ccccc1C(C(N)=S)N(C)CCC(=O)O. The zero-order valence-electron chi connectivity index (χ0n) is 11.0. The van der Waals surface area contributed by atoms with E-state index in [1.54, 1.807) is 14.2 Å². The molecule has 1 rings (SSSR count). The molecule has 0 spiro atoms. The number of carboxylic acid groups (broad SMARTS) is 1. The second kappa shape index (κ2) is 7.06. The number of carboxylic acids is 1. The number of benzene rings is 1. The van der Waals surface area contributed by atoms with Gasteiger partial charge in [0.15, 0.2) is 0 Å². The third-order valence-corrected chi connectivity index (χ3v) is 3.05. The molecule has 0 fully saturated rings. The standard InChI is InChI=1S/C13H18N2O3S/c1-15(8-7-11(16)17)12(13(14)19)9-5-3-4-6-10(9)18-2/h3-6,12H,7-8H2,1-2H3,(H2,14,19)(H,16,17). The lowest BCUT2D eigenvalue weighted by molar-refractivity contribution is -0.137. The van der Waals surface area contributed by atoms with E-state index >= 15 is 0 Å². The molecule has 0 aliphatic rings. The number of para-hydroxylation sites is 1. The van der Waals surface area contributed by atoms with Crippen LogP contribution in [0, 0.1) is 0 Å². The van der Waals surface area contributed by atoms with Gasteiger partial charge in [0.1, 0.15) is 5.75 Å². The summed E-state index contributed by atoms with van der Waals surface area (Å²) in [5.74, 6) is -0.170. The summed E-state index contributed by atoms with van der Waals surface area (Å²) in [4.78, 5) is 12.7. The van der Waals surface area contributed by atoms with Gasteiger partial charge in [-0.05, 0) is 13.1 Å². The third kappa shape index (κ3) is 4.18. The Bertz CT molecular complexity index is 465. The van der Waals surface area contributed by atoms with E-state index in [2.05, 4.69) is 0 Å². The quantitative estimate of drug-likeness (QED) is 0.737. The smallest absolute Gasteiger partial charge is 0.304 e. The van der Waals surface area contributed by atoms with Crippen LogP contribution < -0.4 is 10.5 Å². The van der Waals surface area contributed by atoms with Crippen molar-refractivity contribution in [1.82, 2.24) is 4.90 Å². The van der Waals surface area contributed by atoms with E-state index < -0.39 is 5.97 Å². The Morgan fingerprint density at radius 1 is 1.53 bits per heavy atom. The highest BCUT2D eigenvalue weighted by Gasteiger charge is 2.23. The number of nitrogens with zero attached hydrogens (tertiary/aromatic N) is 1. The summed E-state index contributed by atoms with van der Waals surface area (Å²) in [5.41, 5.74) is 6.62. The van der Waals surface area contributed by atoms with Crippen molar-refractivity contribution in [1.29, 1.82) is 0 Å². The molecule has 1 atom stereocenters. The van der Waals surface area contributed by atoms with E-state index in [9.17, 15) is 4.79 Å². The van der Waals surface area contributed by atoms with Gasteiger partial charge in [0.25, 0.3) is 0 Å². The zero-order valence-corrected chi connectivity index (χ0v) is 11.8. The lowest BCUT2D eigenvalue weighted by atomic mass is 10.0. The maximum absolute atomic E-state index is 10.6. The number of hydrogen-bond donors (Lipinski definition) is 2. The molecule has 0 aliphatic heterocycles. The lowest BCUT2D eigenvalue weighted by Crippen LogP contribution is -2.35.